The standard InChI is InChI=1S/C29H32N4O2/c1-31(2)23-14-10-20(11-15-23)19-22-7-5-8-25-27(22)30-33(29(34)26-9-6-18-35-26)28(25)21-12-16-24(17-13-21)32(3)4/h6,9-19,25,28H,5,7-8H2,1-4H3/b22-19+/t25-,28-/m1/s1. The van der Waals surface area contributed by atoms with Crippen molar-refractivity contribution in [2.45, 2.75) is 25.3 Å². The summed E-state index contributed by atoms with van der Waals surface area (Å²) in [5.41, 5.74) is 6.77. The van der Waals surface area contributed by atoms with Crippen molar-refractivity contribution >= 4 is 29.1 Å². The number of allylic oxidation sites excluding steroid dienone is 1. The Hall–Kier alpha value is -3.80. The molecule has 1 saturated carbocycles. The van der Waals surface area contributed by atoms with Gasteiger partial charge in [-0.1, -0.05) is 24.3 Å². The number of rotatable bonds is 5. The second kappa shape index (κ2) is 9.45. The highest BCUT2D eigenvalue weighted by Crippen LogP contribution is 2.45. The van der Waals surface area contributed by atoms with Gasteiger partial charge in [0.1, 0.15) is 0 Å². The number of benzene rings is 2. The molecule has 0 unspecified atom stereocenters. The molecule has 35 heavy (non-hydrogen) atoms. The summed E-state index contributed by atoms with van der Waals surface area (Å²) < 4.78 is 5.46. The lowest BCUT2D eigenvalue weighted by Crippen LogP contribution is -2.31. The average Bonchev–Trinajstić information content (AvgIpc) is 3.53. The van der Waals surface area contributed by atoms with Crippen LogP contribution < -0.4 is 9.80 Å². The Morgan fingerprint density at radius 1 is 0.971 bits per heavy atom. The zero-order chi connectivity index (χ0) is 24.5. The lowest BCUT2D eigenvalue weighted by Gasteiger charge is -2.29. The molecular formula is C29H32N4O2. The molecule has 6 nitrogen and oxygen atoms in total. The number of hydrazone groups is 1. The Labute approximate surface area is 207 Å². The van der Waals surface area contributed by atoms with Gasteiger partial charge in [0, 0.05) is 45.5 Å². The lowest BCUT2D eigenvalue weighted by atomic mass is 9.77. The normalized spacial score (nSPS) is 20.5. The quantitative estimate of drug-likeness (QED) is 0.471. The smallest absolute Gasteiger partial charge is 0.310 e. The molecule has 2 atom stereocenters. The number of amides is 1. The van der Waals surface area contributed by atoms with Crippen molar-refractivity contribution in [3.8, 4) is 0 Å². The first-order valence-electron chi connectivity index (χ1n) is 12.1. The second-order valence-corrected chi connectivity index (χ2v) is 9.70. The van der Waals surface area contributed by atoms with Gasteiger partial charge < -0.3 is 14.2 Å². The predicted octanol–water partition coefficient (Wildman–Crippen LogP) is 5.85. The third-order valence-electron chi connectivity index (χ3n) is 6.94. The first kappa shape index (κ1) is 23.0. The van der Waals surface area contributed by atoms with Crippen molar-refractivity contribution in [1.29, 1.82) is 0 Å². The van der Waals surface area contributed by atoms with Crippen LogP contribution in [0.4, 0.5) is 11.4 Å². The van der Waals surface area contributed by atoms with Crippen molar-refractivity contribution < 1.29 is 9.21 Å². The number of furan rings is 1. The number of hydrogen-bond acceptors (Lipinski definition) is 5. The Bertz CT molecular complexity index is 1240. The monoisotopic (exact) mass is 468 g/mol. The molecule has 2 aliphatic rings. The van der Waals surface area contributed by atoms with E-state index in [1.165, 1.54) is 17.5 Å². The van der Waals surface area contributed by atoms with Crippen LogP contribution in [0.25, 0.3) is 6.08 Å². The Kier molecular flexibility index (Phi) is 6.20. The highest BCUT2D eigenvalue weighted by Gasteiger charge is 2.44. The fourth-order valence-electron chi connectivity index (χ4n) is 5.05. The molecule has 3 aromatic rings. The number of carbonyl (C=O) groups is 1. The molecule has 1 fully saturated rings. The summed E-state index contributed by atoms with van der Waals surface area (Å²) in [5, 5.41) is 6.61. The van der Waals surface area contributed by atoms with E-state index in [0.717, 1.165) is 41.8 Å². The maximum atomic E-state index is 13.5. The van der Waals surface area contributed by atoms with E-state index >= 15 is 0 Å². The lowest BCUT2D eigenvalue weighted by molar-refractivity contribution is 0.0648. The summed E-state index contributed by atoms with van der Waals surface area (Å²) in [6, 6.07) is 20.3. The SMILES string of the molecule is CN(C)c1ccc(/C=C2\CCC[C@@H]3C2=NN(C(=O)c2ccco2)[C@@H]3c2ccc(N(C)C)cc2)cc1. The molecule has 1 aliphatic heterocycles. The predicted molar refractivity (Wildman–Crippen MR) is 142 cm³/mol. The first-order valence-corrected chi connectivity index (χ1v) is 12.1. The Balaban J connectivity index is 1.53. The van der Waals surface area contributed by atoms with E-state index in [4.69, 9.17) is 9.52 Å². The molecule has 0 saturated heterocycles. The topological polar surface area (TPSA) is 52.3 Å². The van der Waals surface area contributed by atoms with Crippen molar-refractivity contribution in [3.63, 3.8) is 0 Å². The van der Waals surface area contributed by atoms with Gasteiger partial charge in [-0.15, -0.1) is 0 Å². The molecule has 0 spiro atoms. The summed E-state index contributed by atoms with van der Waals surface area (Å²) in [7, 11) is 8.15. The van der Waals surface area contributed by atoms with Crippen LogP contribution >= 0.6 is 0 Å². The van der Waals surface area contributed by atoms with Gasteiger partial charge in [-0.05, 0) is 78.4 Å². The van der Waals surface area contributed by atoms with Crippen LogP contribution in [0.2, 0.25) is 0 Å². The van der Waals surface area contributed by atoms with Crippen molar-refractivity contribution in [2.24, 2.45) is 11.0 Å². The average molecular weight is 469 g/mol. The van der Waals surface area contributed by atoms with Gasteiger partial charge in [0.05, 0.1) is 18.0 Å². The minimum absolute atomic E-state index is 0.153. The van der Waals surface area contributed by atoms with Crippen LogP contribution in [0.5, 0.6) is 0 Å². The van der Waals surface area contributed by atoms with Crippen LogP contribution in [0.15, 0.2) is 82.0 Å². The van der Waals surface area contributed by atoms with Gasteiger partial charge in [0.25, 0.3) is 0 Å². The van der Waals surface area contributed by atoms with E-state index < -0.39 is 0 Å². The molecule has 2 heterocycles. The molecule has 1 amide bonds. The number of nitrogens with zero attached hydrogens (tertiary/aromatic N) is 4. The number of anilines is 2. The molecule has 1 aromatic heterocycles. The summed E-state index contributed by atoms with van der Waals surface area (Å²) in [4.78, 5) is 17.6. The van der Waals surface area contributed by atoms with E-state index in [1.54, 1.807) is 17.1 Å². The van der Waals surface area contributed by atoms with Gasteiger partial charge in [0.2, 0.25) is 0 Å². The fourth-order valence-corrected chi connectivity index (χ4v) is 5.05. The fraction of sp³-hybridized carbons (Fsp3) is 0.310. The second-order valence-electron chi connectivity index (χ2n) is 9.70. The minimum Gasteiger partial charge on any atom is -0.459 e. The van der Waals surface area contributed by atoms with Gasteiger partial charge in [-0.25, -0.2) is 5.01 Å². The van der Waals surface area contributed by atoms with Crippen molar-refractivity contribution in [2.75, 3.05) is 38.0 Å². The molecule has 0 N–H and O–H groups in total. The highest BCUT2D eigenvalue weighted by atomic mass is 16.3. The largest absolute Gasteiger partial charge is 0.459 e. The first-order chi connectivity index (χ1) is 16.9. The maximum Gasteiger partial charge on any atom is 0.310 e. The summed E-state index contributed by atoms with van der Waals surface area (Å²) >= 11 is 0. The van der Waals surface area contributed by atoms with Gasteiger partial charge in [0.15, 0.2) is 5.76 Å². The molecule has 5 rings (SSSR count). The molecule has 6 heteroatoms. The van der Waals surface area contributed by atoms with E-state index in [1.807, 2.05) is 28.2 Å². The van der Waals surface area contributed by atoms with Crippen LogP contribution in [0.1, 0.15) is 47.0 Å². The molecule has 2 aromatic carbocycles. The van der Waals surface area contributed by atoms with Crippen LogP contribution in [-0.2, 0) is 0 Å². The van der Waals surface area contributed by atoms with E-state index in [2.05, 4.69) is 64.4 Å². The van der Waals surface area contributed by atoms with Crippen molar-refractivity contribution in [3.05, 3.63) is 89.4 Å². The van der Waals surface area contributed by atoms with Gasteiger partial charge >= 0.3 is 5.91 Å². The molecule has 180 valence electrons. The number of carbonyl (C=O) groups excluding carboxylic acids is 1. The third-order valence-corrected chi connectivity index (χ3v) is 6.94. The van der Waals surface area contributed by atoms with Gasteiger partial charge in [-0.3, -0.25) is 4.79 Å². The number of fused-ring (bicyclic) bond motifs is 1. The zero-order valence-electron chi connectivity index (χ0n) is 20.8. The third kappa shape index (κ3) is 4.48. The number of hydrogen-bond donors (Lipinski definition) is 0. The van der Waals surface area contributed by atoms with Crippen LogP contribution in [0, 0.1) is 5.92 Å². The Morgan fingerprint density at radius 3 is 2.23 bits per heavy atom. The summed E-state index contributed by atoms with van der Waals surface area (Å²) in [6.45, 7) is 0. The summed E-state index contributed by atoms with van der Waals surface area (Å²) in [5.74, 6) is 0.265. The minimum atomic E-state index is -0.201. The molecular weight excluding hydrogens is 436 g/mol. The molecule has 1 aliphatic carbocycles. The summed E-state index contributed by atoms with van der Waals surface area (Å²) in [6.07, 6.45) is 6.79. The van der Waals surface area contributed by atoms with Crippen molar-refractivity contribution in [1.82, 2.24) is 5.01 Å². The van der Waals surface area contributed by atoms with Crippen LogP contribution in [-0.4, -0.2) is 44.8 Å². The Morgan fingerprint density at radius 2 is 1.63 bits per heavy atom. The van der Waals surface area contributed by atoms with E-state index in [9.17, 15) is 4.79 Å². The molecule has 0 radical (unpaired) electrons. The van der Waals surface area contributed by atoms with E-state index in [-0.39, 0.29) is 17.9 Å². The molecule has 0 bridgehead atoms. The van der Waals surface area contributed by atoms with Crippen LogP contribution in [0.3, 0.4) is 0 Å². The highest BCUT2D eigenvalue weighted by molar-refractivity contribution is 6.09. The van der Waals surface area contributed by atoms with E-state index in [0.29, 0.717) is 5.76 Å². The maximum absolute atomic E-state index is 13.5. The zero-order valence-corrected chi connectivity index (χ0v) is 20.8. The van der Waals surface area contributed by atoms with Gasteiger partial charge in [-0.2, -0.15) is 5.10 Å².